The third-order valence-electron chi connectivity index (χ3n) is 4.17. The summed E-state index contributed by atoms with van der Waals surface area (Å²) in [5.41, 5.74) is 1.44. The van der Waals surface area contributed by atoms with Gasteiger partial charge in [-0.1, -0.05) is 11.6 Å². The van der Waals surface area contributed by atoms with E-state index in [-0.39, 0.29) is 10.9 Å². The van der Waals surface area contributed by atoms with E-state index in [4.69, 9.17) is 16.3 Å². The molecule has 1 saturated heterocycles. The fourth-order valence-electron chi connectivity index (χ4n) is 2.79. The van der Waals surface area contributed by atoms with E-state index in [0.717, 1.165) is 24.5 Å². The highest BCUT2D eigenvalue weighted by molar-refractivity contribution is 6.33. The van der Waals surface area contributed by atoms with Crippen molar-refractivity contribution >= 4 is 23.2 Å². The first-order valence-corrected chi connectivity index (χ1v) is 8.09. The van der Waals surface area contributed by atoms with Crippen molar-refractivity contribution in [2.45, 2.75) is 0 Å². The van der Waals surface area contributed by atoms with E-state index in [1.807, 2.05) is 24.3 Å². The molecule has 6 heteroatoms. The van der Waals surface area contributed by atoms with E-state index >= 15 is 0 Å². The number of nitrogens with zero attached hydrogens (tertiary/aromatic N) is 2. The van der Waals surface area contributed by atoms with Crippen LogP contribution in [0.5, 0.6) is 5.75 Å². The summed E-state index contributed by atoms with van der Waals surface area (Å²) >= 11 is 5.99. The van der Waals surface area contributed by atoms with E-state index in [9.17, 15) is 9.18 Å². The second-order valence-electron chi connectivity index (χ2n) is 5.60. The SMILES string of the molecule is COc1ccc(N2CCN(C(=O)c3ccc(F)cc3Cl)CC2)cc1. The molecule has 126 valence electrons. The molecule has 1 heterocycles. The molecule has 0 atom stereocenters. The van der Waals surface area contributed by atoms with Crippen LogP contribution < -0.4 is 9.64 Å². The van der Waals surface area contributed by atoms with Crippen molar-refractivity contribution in [1.82, 2.24) is 4.90 Å². The number of ether oxygens (including phenoxy) is 1. The predicted octanol–water partition coefficient (Wildman–Crippen LogP) is 3.45. The van der Waals surface area contributed by atoms with Gasteiger partial charge >= 0.3 is 0 Å². The zero-order chi connectivity index (χ0) is 17.1. The first kappa shape index (κ1) is 16.6. The minimum atomic E-state index is -0.444. The molecule has 1 aliphatic rings. The van der Waals surface area contributed by atoms with Gasteiger partial charge in [-0.05, 0) is 42.5 Å². The highest BCUT2D eigenvalue weighted by Gasteiger charge is 2.23. The van der Waals surface area contributed by atoms with Crippen molar-refractivity contribution in [3.63, 3.8) is 0 Å². The van der Waals surface area contributed by atoms with E-state index in [1.165, 1.54) is 18.2 Å². The van der Waals surface area contributed by atoms with Gasteiger partial charge in [-0.2, -0.15) is 0 Å². The Hall–Kier alpha value is -2.27. The number of piperazine rings is 1. The van der Waals surface area contributed by atoms with Crippen LogP contribution in [0.1, 0.15) is 10.4 Å². The first-order valence-electron chi connectivity index (χ1n) is 7.72. The lowest BCUT2D eigenvalue weighted by Gasteiger charge is -2.36. The van der Waals surface area contributed by atoms with Crippen molar-refractivity contribution < 1.29 is 13.9 Å². The summed E-state index contributed by atoms with van der Waals surface area (Å²) in [6.07, 6.45) is 0. The number of hydrogen-bond donors (Lipinski definition) is 0. The summed E-state index contributed by atoms with van der Waals surface area (Å²) in [6, 6.07) is 11.7. The Morgan fingerprint density at radius 2 is 1.75 bits per heavy atom. The van der Waals surface area contributed by atoms with Crippen molar-refractivity contribution in [3.8, 4) is 5.75 Å². The number of carbonyl (C=O) groups is 1. The molecule has 2 aromatic carbocycles. The van der Waals surface area contributed by atoms with Crippen LogP contribution >= 0.6 is 11.6 Å². The van der Waals surface area contributed by atoms with Crippen LogP contribution in [0.3, 0.4) is 0 Å². The molecule has 0 bridgehead atoms. The number of halogens is 2. The van der Waals surface area contributed by atoms with Gasteiger partial charge in [-0.25, -0.2) is 4.39 Å². The molecule has 24 heavy (non-hydrogen) atoms. The average molecular weight is 349 g/mol. The summed E-state index contributed by atoms with van der Waals surface area (Å²) in [7, 11) is 1.64. The Labute approximate surface area is 145 Å². The smallest absolute Gasteiger partial charge is 0.255 e. The van der Waals surface area contributed by atoms with Gasteiger partial charge in [0.1, 0.15) is 11.6 Å². The Morgan fingerprint density at radius 1 is 1.08 bits per heavy atom. The molecule has 0 N–H and O–H groups in total. The molecule has 0 unspecified atom stereocenters. The van der Waals surface area contributed by atoms with Crippen LogP contribution in [0.4, 0.5) is 10.1 Å². The van der Waals surface area contributed by atoms with Crippen LogP contribution in [0.2, 0.25) is 5.02 Å². The fourth-order valence-corrected chi connectivity index (χ4v) is 3.04. The molecule has 3 rings (SSSR count). The number of amides is 1. The molecule has 1 fully saturated rings. The van der Waals surface area contributed by atoms with Gasteiger partial charge < -0.3 is 14.5 Å². The van der Waals surface area contributed by atoms with Crippen LogP contribution in [0.15, 0.2) is 42.5 Å². The predicted molar refractivity (Wildman–Crippen MR) is 92.5 cm³/mol. The molecular weight excluding hydrogens is 331 g/mol. The van der Waals surface area contributed by atoms with Crippen molar-refractivity contribution in [1.29, 1.82) is 0 Å². The van der Waals surface area contributed by atoms with Crippen LogP contribution in [0, 0.1) is 5.82 Å². The van der Waals surface area contributed by atoms with Gasteiger partial charge in [0.05, 0.1) is 17.7 Å². The minimum absolute atomic E-state index is 0.151. The van der Waals surface area contributed by atoms with Gasteiger partial charge in [0.2, 0.25) is 0 Å². The van der Waals surface area contributed by atoms with Gasteiger partial charge in [-0.3, -0.25) is 4.79 Å². The second kappa shape index (κ2) is 7.09. The Bertz CT molecular complexity index is 728. The monoisotopic (exact) mass is 348 g/mol. The number of carbonyl (C=O) groups excluding carboxylic acids is 1. The molecule has 0 aliphatic carbocycles. The molecule has 4 nitrogen and oxygen atoms in total. The molecule has 0 aromatic heterocycles. The lowest BCUT2D eigenvalue weighted by molar-refractivity contribution is 0.0747. The molecule has 2 aromatic rings. The largest absolute Gasteiger partial charge is 0.497 e. The summed E-state index contributed by atoms with van der Waals surface area (Å²) in [6.45, 7) is 2.66. The zero-order valence-electron chi connectivity index (χ0n) is 13.3. The Kier molecular flexibility index (Phi) is 4.90. The van der Waals surface area contributed by atoms with E-state index in [0.29, 0.717) is 18.7 Å². The molecule has 1 amide bonds. The Morgan fingerprint density at radius 3 is 2.33 bits per heavy atom. The molecule has 0 spiro atoms. The lowest BCUT2D eigenvalue weighted by Crippen LogP contribution is -2.48. The maximum Gasteiger partial charge on any atom is 0.255 e. The lowest BCUT2D eigenvalue weighted by atomic mass is 10.1. The topological polar surface area (TPSA) is 32.8 Å². The van der Waals surface area contributed by atoms with Crippen LogP contribution in [-0.2, 0) is 0 Å². The standard InChI is InChI=1S/C18H18ClFN2O2/c1-24-15-5-3-14(4-6-15)21-8-10-22(11-9-21)18(23)16-7-2-13(20)12-17(16)19/h2-7,12H,8-11H2,1H3. The third-order valence-corrected chi connectivity index (χ3v) is 4.48. The maximum atomic E-state index is 13.1. The summed E-state index contributed by atoms with van der Waals surface area (Å²) in [4.78, 5) is 16.5. The number of anilines is 1. The van der Waals surface area contributed by atoms with E-state index < -0.39 is 5.82 Å². The molecule has 0 saturated carbocycles. The van der Waals surface area contributed by atoms with Crippen LogP contribution in [0.25, 0.3) is 0 Å². The van der Waals surface area contributed by atoms with Gasteiger partial charge in [-0.15, -0.1) is 0 Å². The second-order valence-corrected chi connectivity index (χ2v) is 6.01. The third kappa shape index (κ3) is 3.46. The highest BCUT2D eigenvalue weighted by atomic mass is 35.5. The van der Waals surface area contributed by atoms with Gasteiger partial charge in [0.15, 0.2) is 0 Å². The summed E-state index contributed by atoms with van der Waals surface area (Å²) in [5, 5.41) is 0.151. The average Bonchev–Trinajstić information content (AvgIpc) is 2.61. The molecule has 0 radical (unpaired) electrons. The van der Waals surface area contributed by atoms with Crippen molar-refractivity contribution in [2.24, 2.45) is 0 Å². The quantitative estimate of drug-likeness (QED) is 0.851. The summed E-state index contributed by atoms with van der Waals surface area (Å²) in [5.74, 6) is 0.216. The Balaban J connectivity index is 1.64. The molecular formula is C18H18ClFN2O2. The number of rotatable bonds is 3. The summed E-state index contributed by atoms with van der Waals surface area (Å²) < 4.78 is 18.3. The van der Waals surface area contributed by atoms with E-state index in [1.54, 1.807) is 12.0 Å². The number of benzene rings is 2. The van der Waals surface area contributed by atoms with Gasteiger partial charge in [0.25, 0.3) is 5.91 Å². The number of hydrogen-bond acceptors (Lipinski definition) is 3. The van der Waals surface area contributed by atoms with E-state index in [2.05, 4.69) is 4.90 Å². The highest BCUT2D eigenvalue weighted by Crippen LogP contribution is 2.23. The normalized spacial score (nSPS) is 14.6. The minimum Gasteiger partial charge on any atom is -0.497 e. The van der Waals surface area contributed by atoms with Crippen molar-refractivity contribution in [2.75, 3.05) is 38.2 Å². The fraction of sp³-hybridized carbons (Fsp3) is 0.278. The first-order chi connectivity index (χ1) is 11.6. The van der Waals surface area contributed by atoms with Gasteiger partial charge in [0, 0.05) is 31.9 Å². The van der Waals surface area contributed by atoms with Crippen molar-refractivity contribution in [3.05, 3.63) is 58.9 Å². The maximum absolute atomic E-state index is 13.1. The molecule has 1 aliphatic heterocycles. The van der Waals surface area contributed by atoms with Crippen LogP contribution in [-0.4, -0.2) is 44.1 Å². The zero-order valence-corrected chi connectivity index (χ0v) is 14.1. The number of methoxy groups -OCH3 is 1.